The zero-order chi connectivity index (χ0) is 24.5. The highest BCUT2D eigenvalue weighted by atomic mass is 32.1. The van der Waals surface area contributed by atoms with E-state index >= 15 is 0 Å². The first kappa shape index (κ1) is 24.8. The minimum absolute atomic E-state index is 0.212. The third-order valence-corrected chi connectivity index (χ3v) is 6.56. The number of hydrogen-bond donors (Lipinski definition) is 3. The molecule has 0 aromatic carbocycles. The number of anilines is 1. The lowest BCUT2D eigenvalue weighted by molar-refractivity contribution is 0.0365. The van der Waals surface area contributed by atoms with Crippen molar-refractivity contribution in [2.75, 3.05) is 44.7 Å². The van der Waals surface area contributed by atoms with E-state index in [1.165, 1.54) is 11.3 Å². The van der Waals surface area contributed by atoms with Crippen LogP contribution in [0.1, 0.15) is 28.9 Å². The fraction of sp³-hybridized carbons (Fsp3) is 0.417. The molecule has 0 bridgehead atoms. The second-order valence-corrected chi connectivity index (χ2v) is 9.30. The molecule has 0 saturated carbocycles. The van der Waals surface area contributed by atoms with E-state index in [-0.39, 0.29) is 18.0 Å². The Bertz CT molecular complexity index is 1030. The quantitative estimate of drug-likeness (QED) is 0.485. The van der Waals surface area contributed by atoms with E-state index in [2.05, 4.69) is 25.5 Å². The Morgan fingerprint density at radius 3 is 2.83 bits per heavy atom. The van der Waals surface area contributed by atoms with Gasteiger partial charge in [-0.1, -0.05) is 18.2 Å². The summed E-state index contributed by atoms with van der Waals surface area (Å²) in [5.74, 6) is -0.280. The lowest BCUT2D eigenvalue weighted by Crippen LogP contribution is -2.40. The average molecular weight is 498 g/mol. The summed E-state index contributed by atoms with van der Waals surface area (Å²) in [4.78, 5) is 38.1. The van der Waals surface area contributed by atoms with Crippen molar-refractivity contribution in [1.29, 1.82) is 0 Å². The normalized spacial score (nSPS) is 18.1. The predicted octanol–water partition coefficient (Wildman–Crippen LogP) is 2.20. The van der Waals surface area contributed by atoms with Crippen molar-refractivity contribution in [3.05, 3.63) is 65.1 Å². The van der Waals surface area contributed by atoms with Crippen LogP contribution in [0.15, 0.2) is 53.8 Å². The summed E-state index contributed by atoms with van der Waals surface area (Å²) in [6.07, 6.45) is 10.4. The van der Waals surface area contributed by atoms with Crippen LogP contribution in [0, 0.1) is 0 Å². The number of urea groups is 1. The number of carbonyl (C=O) groups excluding carboxylic acids is 2. The molecule has 4 rings (SSSR count). The first-order valence-electron chi connectivity index (χ1n) is 11.7. The van der Waals surface area contributed by atoms with Gasteiger partial charge in [0.2, 0.25) is 0 Å². The Balaban J connectivity index is 1.35. The summed E-state index contributed by atoms with van der Waals surface area (Å²) in [7, 11) is 0. The number of allylic oxidation sites excluding steroid dienone is 2. The number of nitrogens with one attached hydrogen (secondary N) is 2. The summed E-state index contributed by atoms with van der Waals surface area (Å²) >= 11 is 1.38. The zero-order valence-electron chi connectivity index (χ0n) is 19.6. The van der Waals surface area contributed by atoms with E-state index in [1.807, 2.05) is 23.6 Å². The summed E-state index contributed by atoms with van der Waals surface area (Å²) in [5.41, 5.74) is 7.73. The highest BCUT2D eigenvalue weighted by Gasteiger charge is 2.19. The minimum atomic E-state index is -0.280. The molecule has 0 radical (unpaired) electrons. The molecule has 1 atom stereocenters. The standard InChI is InChI=1S/C24H31N7O3S/c25-19-4-1-2-5-20(19)28-22(32)21-7-6-18(16-27-21)17-31(24(33)29-23-26-8-15-35-23)10-3-9-30-11-13-34-14-12-30/h1-2,4,6-8,15-16,20H,3,5,9-14,17,25H2,(H,28,32)(H,26,29,33). The van der Waals surface area contributed by atoms with E-state index in [0.717, 1.165) is 44.8 Å². The zero-order valence-corrected chi connectivity index (χ0v) is 20.4. The second kappa shape index (κ2) is 12.4. The van der Waals surface area contributed by atoms with Crippen LogP contribution in [0.4, 0.5) is 9.93 Å². The predicted molar refractivity (Wildman–Crippen MR) is 135 cm³/mol. The number of aromatic nitrogens is 2. The third-order valence-electron chi connectivity index (χ3n) is 5.87. The Morgan fingerprint density at radius 1 is 1.26 bits per heavy atom. The van der Waals surface area contributed by atoms with Crippen molar-refractivity contribution in [3.8, 4) is 0 Å². The Hall–Kier alpha value is -3.28. The molecule has 2 aromatic heterocycles. The maximum Gasteiger partial charge on any atom is 0.323 e. The third kappa shape index (κ3) is 7.35. The van der Waals surface area contributed by atoms with Crippen molar-refractivity contribution in [2.24, 2.45) is 5.73 Å². The SMILES string of the molecule is NC1=CC=CCC1NC(=O)c1ccc(CN(CCCN2CCOCC2)C(=O)Nc2nccs2)cn1. The van der Waals surface area contributed by atoms with Crippen LogP contribution in [0.2, 0.25) is 0 Å². The summed E-state index contributed by atoms with van der Waals surface area (Å²) in [5, 5.41) is 8.15. The molecule has 1 aliphatic carbocycles. The van der Waals surface area contributed by atoms with Crippen LogP contribution in [0.3, 0.4) is 0 Å². The number of nitrogens with two attached hydrogens (primary N) is 1. The first-order valence-corrected chi connectivity index (χ1v) is 12.6. The number of ether oxygens (including phenoxy) is 1. The molecule has 2 aromatic rings. The number of amides is 3. The molecule has 3 amide bonds. The monoisotopic (exact) mass is 497 g/mol. The topological polar surface area (TPSA) is 126 Å². The summed E-state index contributed by atoms with van der Waals surface area (Å²) in [6, 6.07) is 3.06. The van der Waals surface area contributed by atoms with Gasteiger partial charge in [-0.3, -0.25) is 20.0 Å². The van der Waals surface area contributed by atoms with Gasteiger partial charge in [-0.15, -0.1) is 11.3 Å². The van der Waals surface area contributed by atoms with E-state index in [4.69, 9.17) is 10.5 Å². The van der Waals surface area contributed by atoms with Crippen LogP contribution < -0.4 is 16.4 Å². The highest BCUT2D eigenvalue weighted by molar-refractivity contribution is 7.13. The average Bonchev–Trinajstić information content (AvgIpc) is 3.39. The van der Waals surface area contributed by atoms with Gasteiger partial charge in [0.05, 0.1) is 19.3 Å². The Labute approximate surface area is 208 Å². The molecule has 0 spiro atoms. The number of thiazole rings is 1. The van der Waals surface area contributed by atoms with Gasteiger partial charge in [-0.05, 0) is 30.5 Å². The van der Waals surface area contributed by atoms with E-state index in [1.54, 1.807) is 29.4 Å². The van der Waals surface area contributed by atoms with Gasteiger partial charge in [-0.25, -0.2) is 9.78 Å². The van der Waals surface area contributed by atoms with Crippen LogP contribution in [-0.2, 0) is 11.3 Å². The highest BCUT2D eigenvalue weighted by Crippen LogP contribution is 2.14. The molecule has 1 fully saturated rings. The van der Waals surface area contributed by atoms with Crippen molar-refractivity contribution in [1.82, 2.24) is 25.1 Å². The van der Waals surface area contributed by atoms with E-state index in [0.29, 0.717) is 36.0 Å². The molecule has 11 heteroatoms. The maximum absolute atomic E-state index is 13.0. The number of rotatable bonds is 9. The minimum Gasteiger partial charge on any atom is -0.400 e. The molecular formula is C24H31N7O3S. The summed E-state index contributed by atoms with van der Waals surface area (Å²) < 4.78 is 5.41. The van der Waals surface area contributed by atoms with Gasteiger partial charge < -0.3 is 20.7 Å². The molecule has 1 aliphatic heterocycles. The lowest BCUT2D eigenvalue weighted by atomic mass is 10.1. The van der Waals surface area contributed by atoms with Crippen LogP contribution in [-0.4, -0.2) is 77.1 Å². The molecule has 186 valence electrons. The van der Waals surface area contributed by atoms with Crippen molar-refractivity contribution in [2.45, 2.75) is 25.4 Å². The lowest BCUT2D eigenvalue weighted by Gasteiger charge is -2.28. The maximum atomic E-state index is 13.0. The first-order chi connectivity index (χ1) is 17.1. The van der Waals surface area contributed by atoms with Crippen molar-refractivity contribution >= 4 is 28.4 Å². The van der Waals surface area contributed by atoms with Gasteiger partial charge in [0.25, 0.3) is 5.91 Å². The number of carbonyl (C=O) groups is 2. The molecule has 10 nitrogen and oxygen atoms in total. The smallest absolute Gasteiger partial charge is 0.323 e. The molecule has 4 N–H and O–H groups in total. The van der Waals surface area contributed by atoms with E-state index < -0.39 is 0 Å². The molecule has 2 aliphatic rings. The Kier molecular flexibility index (Phi) is 8.82. The Morgan fingerprint density at radius 2 is 2.11 bits per heavy atom. The summed E-state index contributed by atoms with van der Waals surface area (Å²) in [6.45, 7) is 5.18. The largest absolute Gasteiger partial charge is 0.400 e. The molecule has 1 saturated heterocycles. The van der Waals surface area contributed by atoms with E-state index in [9.17, 15) is 9.59 Å². The number of morpholine rings is 1. The van der Waals surface area contributed by atoms with Gasteiger partial charge >= 0.3 is 6.03 Å². The van der Waals surface area contributed by atoms with Crippen LogP contribution in [0.25, 0.3) is 0 Å². The number of hydrogen-bond acceptors (Lipinski definition) is 8. The van der Waals surface area contributed by atoms with Gasteiger partial charge in [-0.2, -0.15) is 0 Å². The molecular weight excluding hydrogens is 466 g/mol. The van der Waals surface area contributed by atoms with Crippen LogP contribution in [0.5, 0.6) is 0 Å². The number of nitrogens with zero attached hydrogens (tertiary/aromatic N) is 4. The number of pyridine rings is 1. The molecule has 3 heterocycles. The van der Waals surface area contributed by atoms with Crippen LogP contribution >= 0.6 is 11.3 Å². The van der Waals surface area contributed by atoms with Gasteiger partial charge in [0, 0.05) is 56.2 Å². The van der Waals surface area contributed by atoms with Crippen molar-refractivity contribution < 1.29 is 14.3 Å². The fourth-order valence-electron chi connectivity index (χ4n) is 3.91. The van der Waals surface area contributed by atoms with Crippen molar-refractivity contribution in [3.63, 3.8) is 0 Å². The fourth-order valence-corrected chi connectivity index (χ4v) is 4.43. The second-order valence-electron chi connectivity index (χ2n) is 8.40. The van der Waals surface area contributed by atoms with Gasteiger partial charge in [0.15, 0.2) is 5.13 Å². The van der Waals surface area contributed by atoms with Gasteiger partial charge in [0.1, 0.15) is 5.69 Å². The molecule has 1 unspecified atom stereocenters. The molecule has 35 heavy (non-hydrogen) atoms.